The maximum absolute atomic E-state index is 13.5. The zero-order chi connectivity index (χ0) is 28.8. The van der Waals surface area contributed by atoms with Crippen molar-refractivity contribution in [3.05, 3.63) is 106 Å². The lowest BCUT2D eigenvalue weighted by atomic mass is 9.78. The number of esters is 2. The second kappa shape index (κ2) is 13.0. The van der Waals surface area contributed by atoms with Crippen LogP contribution in [0.2, 0.25) is 5.02 Å². The molecule has 0 heterocycles. The number of hydrogen-bond donors (Lipinski definition) is 0. The van der Waals surface area contributed by atoms with Gasteiger partial charge in [-0.25, -0.2) is 0 Å². The first kappa shape index (κ1) is 29.9. The zero-order valence-electron chi connectivity index (χ0n) is 24.1. The molecule has 0 radical (unpaired) electrons. The largest absolute Gasteiger partial charge is 0.460 e. The molecule has 0 N–H and O–H groups in total. The van der Waals surface area contributed by atoms with E-state index in [4.69, 9.17) is 21.1 Å². The Morgan fingerprint density at radius 3 is 1.98 bits per heavy atom. The Morgan fingerprint density at radius 1 is 0.750 bits per heavy atom. The Labute approximate surface area is 244 Å². The maximum Gasteiger partial charge on any atom is 0.307 e. The number of carbonyl (C=O) groups is 2. The van der Waals surface area contributed by atoms with Crippen LogP contribution in [-0.2, 0) is 24.7 Å². The van der Waals surface area contributed by atoms with Gasteiger partial charge in [0.15, 0.2) is 5.60 Å². The Bertz CT molecular complexity index is 1280. The lowest BCUT2D eigenvalue weighted by Gasteiger charge is -2.36. The normalized spacial score (nSPS) is 19.2. The van der Waals surface area contributed by atoms with E-state index < -0.39 is 23.1 Å². The van der Waals surface area contributed by atoms with E-state index in [0.717, 1.165) is 11.1 Å². The Balaban J connectivity index is 1.76. The second-order valence-corrected chi connectivity index (χ2v) is 12.3. The van der Waals surface area contributed by atoms with Gasteiger partial charge in [0.05, 0.1) is 12.8 Å². The zero-order valence-corrected chi connectivity index (χ0v) is 24.9. The molecule has 1 fully saturated rings. The molecule has 3 aromatic carbocycles. The highest BCUT2D eigenvalue weighted by Gasteiger charge is 2.42. The van der Waals surface area contributed by atoms with Crippen molar-refractivity contribution >= 4 is 23.5 Å². The quantitative estimate of drug-likeness (QED) is 0.157. The topological polar surface area (TPSA) is 52.6 Å². The summed E-state index contributed by atoms with van der Waals surface area (Å²) in [4.78, 5) is 25.9. The molecule has 1 aliphatic carbocycles. The third-order valence-electron chi connectivity index (χ3n) is 7.76. The molecule has 1 aliphatic rings. The standard InChI is InChI=1S/C35H41ClO4/c1-25-13-7-5-10-16-29(25)26-19-21-28(22-20-26)35(27-14-8-6-9-15-27,30-17-11-12-18-31(30)36)40-33(38)24-23-32(37)39-34(2,3)4/h6,8-9,11-12,14-15,17-22,25,29H,5,7,10,13,16,23-24H2,1-4H3/t25-,29?,35?/m1/s1. The highest BCUT2D eigenvalue weighted by molar-refractivity contribution is 6.31. The fourth-order valence-corrected chi connectivity index (χ4v) is 6.11. The number of carbonyl (C=O) groups excluding carboxylic acids is 2. The van der Waals surface area contributed by atoms with Crippen LogP contribution in [0.15, 0.2) is 78.9 Å². The van der Waals surface area contributed by atoms with Gasteiger partial charge in [-0.3, -0.25) is 9.59 Å². The van der Waals surface area contributed by atoms with E-state index in [1.807, 2.05) is 54.6 Å². The van der Waals surface area contributed by atoms with Gasteiger partial charge < -0.3 is 9.47 Å². The monoisotopic (exact) mass is 560 g/mol. The van der Waals surface area contributed by atoms with Gasteiger partial charge >= 0.3 is 11.9 Å². The number of benzene rings is 3. The van der Waals surface area contributed by atoms with Gasteiger partial charge in [-0.2, -0.15) is 0 Å². The number of ether oxygens (including phenoxy) is 2. The number of hydrogen-bond acceptors (Lipinski definition) is 4. The highest BCUT2D eigenvalue weighted by atomic mass is 35.5. The van der Waals surface area contributed by atoms with Crippen LogP contribution in [0.25, 0.3) is 0 Å². The van der Waals surface area contributed by atoms with E-state index in [1.165, 1.54) is 37.7 Å². The van der Waals surface area contributed by atoms with Crippen LogP contribution in [0.5, 0.6) is 0 Å². The molecule has 3 atom stereocenters. The van der Waals surface area contributed by atoms with Crippen molar-refractivity contribution in [1.29, 1.82) is 0 Å². The van der Waals surface area contributed by atoms with E-state index >= 15 is 0 Å². The van der Waals surface area contributed by atoms with Crippen molar-refractivity contribution < 1.29 is 19.1 Å². The molecule has 0 aromatic heterocycles. The average molecular weight is 561 g/mol. The molecule has 0 aliphatic heterocycles. The third kappa shape index (κ3) is 7.14. The van der Waals surface area contributed by atoms with E-state index in [-0.39, 0.29) is 12.8 Å². The fourth-order valence-electron chi connectivity index (χ4n) is 5.84. The average Bonchev–Trinajstić information content (AvgIpc) is 3.15. The molecule has 212 valence electrons. The molecule has 0 saturated heterocycles. The van der Waals surface area contributed by atoms with Gasteiger partial charge in [0.1, 0.15) is 5.60 Å². The Morgan fingerprint density at radius 2 is 1.32 bits per heavy atom. The van der Waals surface area contributed by atoms with Crippen molar-refractivity contribution in [2.45, 2.75) is 89.8 Å². The molecule has 0 bridgehead atoms. The van der Waals surface area contributed by atoms with Crippen molar-refractivity contribution in [2.75, 3.05) is 0 Å². The molecule has 0 spiro atoms. The van der Waals surface area contributed by atoms with Crippen LogP contribution < -0.4 is 0 Å². The smallest absolute Gasteiger partial charge is 0.307 e. The van der Waals surface area contributed by atoms with E-state index in [0.29, 0.717) is 22.4 Å². The van der Waals surface area contributed by atoms with Gasteiger partial charge in [0.2, 0.25) is 0 Å². The van der Waals surface area contributed by atoms with Gasteiger partial charge in [0.25, 0.3) is 0 Å². The van der Waals surface area contributed by atoms with Crippen LogP contribution >= 0.6 is 11.6 Å². The second-order valence-electron chi connectivity index (χ2n) is 11.9. The first-order chi connectivity index (χ1) is 19.1. The van der Waals surface area contributed by atoms with Gasteiger partial charge in [-0.15, -0.1) is 0 Å². The Kier molecular flexibility index (Phi) is 9.73. The third-order valence-corrected chi connectivity index (χ3v) is 8.09. The summed E-state index contributed by atoms with van der Waals surface area (Å²) in [5.74, 6) is 0.200. The summed E-state index contributed by atoms with van der Waals surface area (Å²) in [6.07, 6.45) is 6.09. The van der Waals surface area contributed by atoms with Gasteiger partial charge in [0, 0.05) is 21.7 Å². The molecule has 3 aromatic rings. The van der Waals surface area contributed by atoms with Crippen LogP contribution in [0.3, 0.4) is 0 Å². The summed E-state index contributed by atoms with van der Waals surface area (Å²) in [5.41, 5.74) is 1.66. The van der Waals surface area contributed by atoms with Crippen LogP contribution in [-0.4, -0.2) is 17.5 Å². The summed E-state index contributed by atoms with van der Waals surface area (Å²) < 4.78 is 11.9. The molecule has 4 nitrogen and oxygen atoms in total. The summed E-state index contributed by atoms with van der Waals surface area (Å²) in [7, 11) is 0. The minimum Gasteiger partial charge on any atom is -0.460 e. The molecule has 5 heteroatoms. The Hall–Kier alpha value is -3.11. The van der Waals surface area contributed by atoms with Crippen LogP contribution in [0, 0.1) is 5.92 Å². The molecule has 0 amide bonds. The van der Waals surface area contributed by atoms with Crippen LogP contribution in [0.1, 0.15) is 101 Å². The predicted molar refractivity (Wildman–Crippen MR) is 160 cm³/mol. The lowest BCUT2D eigenvalue weighted by molar-refractivity contribution is -0.161. The highest BCUT2D eigenvalue weighted by Crippen LogP contribution is 2.45. The van der Waals surface area contributed by atoms with E-state index in [9.17, 15) is 9.59 Å². The van der Waals surface area contributed by atoms with Crippen molar-refractivity contribution in [2.24, 2.45) is 5.92 Å². The summed E-state index contributed by atoms with van der Waals surface area (Å²) in [6.45, 7) is 7.77. The van der Waals surface area contributed by atoms with E-state index in [1.54, 1.807) is 20.8 Å². The van der Waals surface area contributed by atoms with Crippen molar-refractivity contribution in [3.63, 3.8) is 0 Å². The molecular formula is C35H41ClO4. The first-order valence-electron chi connectivity index (χ1n) is 14.4. The van der Waals surface area contributed by atoms with Crippen molar-refractivity contribution in [1.82, 2.24) is 0 Å². The maximum atomic E-state index is 13.5. The van der Waals surface area contributed by atoms with Gasteiger partial charge in [-0.1, -0.05) is 117 Å². The number of rotatable bonds is 8. The minimum atomic E-state index is -1.29. The summed E-state index contributed by atoms with van der Waals surface area (Å²) in [5, 5.41) is 0.493. The molecule has 40 heavy (non-hydrogen) atoms. The van der Waals surface area contributed by atoms with E-state index in [2.05, 4.69) is 31.2 Å². The molecule has 4 rings (SSSR count). The predicted octanol–water partition coefficient (Wildman–Crippen LogP) is 8.98. The van der Waals surface area contributed by atoms with Crippen LogP contribution in [0.4, 0.5) is 0 Å². The molecule has 1 saturated carbocycles. The minimum absolute atomic E-state index is 0.0675. The lowest BCUT2D eigenvalue weighted by Crippen LogP contribution is -2.36. The molecular weight excluding hydrogens is 520 g/mol. The molecule has 2 unspecified atom stereocenters. The number of halogens is 1. The fraction of sp³-hybridized carbons (Fsp3) is 0.429. The SMILES string of the molecule is C[C@@H]1CCCCCC1c1ccc(C(OC(=O)CCC(=O)OC(C)(C)C)(c2ccccc2)c2ccccc2Cl)cc1. The van der Waals surface area contributed by atoms with Crippen molar-refractivity contribution in [3.8, 4) is 0 Å². The van der Waals surface area contributed by atoms with Gasteiger partial charge in [-0.05, 0) is 50.7 Å². The first-order valence-corrected chi connectivity index (χ1v) is 14.8. The summed E-state index contributed by atoms with van der Waals surface area (Å²) in [6, 6.07) is 25.7. The summed E-state index contributed by atoms with van der Waals surface area (Å²) >= 11 is 6.82.